The molecule has 3 heterocycles. The molecule has 3 aromatic heterocycles. The van der Waals surface area contributed by atoms with Crippen LogP contribution >= 0.6 is 23.2 Å². The van der Waals surface area contributed by atoms with E-state index >= 15 is 0 Å². The van der Waals surface area contributed by atoms with Gasteiger partial charge < -0.3 is 24.9 Å². The smallest absolute Gasteiger partial charge is 0.296 e. The van der Waals surface area contributed by atoms with Crippen molar-refractivity contribution in [1.82, 2.24) is 14.1 Å². The number of phenols is 1. The van der Waals surface area contributed by atoms with E-state index in [-0.39, 0.29) is 11.3 Å². The van der Waals surface area contributed by atoms with Crippen molar-refractivity contribution >= 4 is 79.8 Å². The second-order valence-corrected chi connectivity index (χ2v) is 14.6. The molecular weight excluding hydrogens is 785 g/mol. The van der Waals surface area contributed by atoms with Crippen LogP contribution < -0.4 is 10.6 Å². The fourth-order valence-electron chi connectivity index (χ4n) is 6.99. The summed E-state index contributed by atoms with van der Waals surface area (Å²) in [7, 11) is 0. The number of hydrogen-bond acceptors (Lipinski definition) is 6. The number of nitrogens with one attached hydrogen (secondary N) is 2. The van der Waals surface area contributed by atoms with E-state index in [4.69, 9.17) is 23.2 Å². The number of fused-ring (bicyclic) bond motifs is 2. The summed E-state index contributed by atoms with van der Waals surface area (Å²) in [5.41, 5.74) is 6.83. The lowest BCUT2D eigenvalue weighted by atomic mass is 10.1. The summed E-state index contributed by atoms with van der Waals surface area (Å²) in [5, 5.41) is 17.9. The largest absolute Gasteiger partial charge is 0.508 e. The highest BCUT2D eigenvalue weighted by molar-refractivity contribution is 6.49. The van der Waals surface area contributed by atoms with Crippen LogP contribution in [0.25, 0.3) is 21.8 Å². The van der Waals surface area contributed by atoms with E-state index in [1.54, 1.807) is 61.7 Å². The molecule has 0 atom stereocenters. The number of anilines is 2. The number of carbonyl (C=O) groups is 4. The number of benzene rings is 5. The molecule has 294 valence electrons. The summed E-state index contributed by atoms with van der Waals surface area (Å²) in [6.45, 7) is 4.73. The SMILES string of the molecule is Cc1c(C(=O)C(=O)Nc2ccccc2)c2cc(O)ccc2n1Cc1ccc(Cl)cc1.Cc1c(C(=O)C(=O)Nc2cccnc2)c2ccccc2n1Cc1ccc(Cl)cc1. The number of Topliss-reactive ketones (excluding diaryl/α,β-unsaturated/α-hetero) is 2. The zero-order chi connectivity index (χ0) is 41.6. The summed E-state index contributed by atoms with van der Waals surface area (Å²) in [6, 6.07) is 39.7. The van der Waals surface area contributed by atoms with Gasteiger partial charge in [0.2, 0.25) is 0 Å². The number of phenolic OH excluding ortho intramolecular Hbond substituents is 1. The van der Waals surface area contributed by atoms with E-state index in [1.165, 1.54) is 12.3 Å². The van der Waals surface area contributed by atoms with Crippen molar-refractivity contribution in [3.05, 3.63) is 190 Å². The monoisotopic (exact) mass is 821 g/mol. The molecule has 0 saturated heterocycles. The minimum Gasteiger partial charge on any atom is -0.508 e. The molecule has 0 spiro atoms. The molecule has 10 nitrogen and oxygen atoms in total. The number of rotatable bonds is 10. The minimum absolute atomic E-state index is 0.0312. The van der Waals surface area contributed by atoms with E-state index in [1.807, 2.05) is 94.9 Å². The molecule has 3 N–H and O–H groups in total. The quantitative estimate of drug-likeness (QED) is 0.0929. The van der Waals surface area contributed by atoms with Gasteiger partial charge in [0.25, 0.3) is 23.4 Å². The molecule has 0 radical (unpaired) electrons. The second-order valence-electron chi connectivity index (χ2n) is 13.7. The van der Waals surface area contributed by atoms with Gasteiger partial charge in [0, 0.05) is 68.2 Å². The number of ketones is 2. The molecule has 5 aromatic carbocycles. The normalized spacial score (nSPS) is 10.8. The number of nitrogens with zero attached hydrogens (tertiary/aromatic N) is 3. The molecular formula is C47H37Cl2N5O5. The minimum atomic E-state index is -0.724. The number of carbonyl (C=O) groups excluding carboxylic acids is 4. The Balaban J connectivity index is 0.000000179. The van der Waals surface area contributed by atoms with Crippen molar-refractivity contribution in [3.8, 4) is 5.75 Å². The van der Waals surface area contributed by atoms with E-state index in [2.05, 4.69) is 15.6 Å². The zero-order valence-corrected chi connectivity index (χ0v) is 33.5. The van der Waals surface area contributed by atoms with Crippen LogP contribution in [0.3, 0.4) is 0 Å². The van der Waals surface area contributed by atoms with Crippen molar-refractivity contribution in [2.24, 2.45) is 0 Å². The van der Waals surface area contributed by atoms with Crippen LogP contribution in [-0.2, 0) is 22.7 Å². The summed E-state index contributed by atoms with van der Waals surface area (Å²) in [5.74, 6) is -2.60. The molecule has 0 fully saturated rings. The Morgan fingerprint density at radius 3 is 1.63 bits per heavy atom. The lowest BCUT2D eigenvalue weighted by Gasteiger charge is -2.09. The Kier molecular flexibility index (Phi) is 12.0. The van der Waals surface area contributed by atoms with Gasteiger partial charge in [0.1, 0.15) is 5.75 Å². The molecule has 59 heavy (non-hydrogen) atoms. The first kappa shape index (κ1) is 40.2. The van der Waals surface area contributed by atoms with Gasteiger partial charge in [-0.2, -0.15) is 0 Å². The van der Waals surface area contributed by atoms with Crippen LogP contribution in [0.2, 0.25) is 10.0 Å². The van der Waals surface area contributed by atoms with E-state index in [9.17, 15) is 24.3 Å². The number of hydrogen-bond donors (Lipinski definition) is 3. The Morgan fingerprint density at radius 2 is 1.07 bits per heavy atom. The first-order valence-electron chi connectivity index (χ1n) is 18.5. The number of pyridine rings is 1. The van der Waals surface area contributed by atoms with Crippen LogP contribution in [-0.4, -0.2) is 42.6 Å². The molecule has 0 aliphatic rings. The summed E-state index contributed by atoms with van der Waals surface area (Å²) >= 11 is 12.0. The third kappa shape index (κ3) is 8.94. The molecule has 0 aliphatic heterocycles. The highest BCUT2D eigenvalue weighted by atomic mass is 35.5. The van der Waals surface area contributed by atoms with Gasteiger partial charge in [0.15, 0.2) is 0 Å². The molecule has 0 saturated carbocycles. The fraction of sp³-hybridized carbons (Fsp3) is 0.0851. The van der Waals surface area contributed by atoms with Gasteiger partial charge in [-0.15, -0.1) is 0 Å². The Labute approximate surface area is 349 Å². The fourth-order valence-corrected chi connectivity index (χ4v) is 7.24. The molecule has 0 unspecified atom stereocenters. The van der Waals surface area contributed by atoms with Crippen molar-refractivity contribution in [3.63, 3.8) is 0 Å². The average molecular weight is 823 g/mol. The predicted molar refractivity (Wildman–Crippen MR) is 233 cm³/mol. The van der Waals surface area contributed by atoms with Crippen LogP contribution in [0.5, 0.6) is 5.75 Å². The lowest BCUT2D eigenvalue weighted by Crippen LogP contribution is -2.23. The number of para-hydroxylation sites is 2. The van der Waals surface area contributed by atoms with Gasteiger partial charge in [-0.25, -0.2) is 0 Å². The van der Waals surface area contributed by atoms with Crippen molar-refractivity contribution in [2.75, 3.05) is 10.6 Å². The van der Waals surface area contributed by atoms with Crippen LogP contribution in [0, 0.1) is 13.8 Å². The van der Waals surface area contributed by atoms with E-state index < -0.39 is 23.4 Å². The third-order valence-electron chi connectivity index (χ3n) is 9.86. The third-order valence-corrected chi connectivity index (χ3v) is 10.4. The van der Waals surface area contributed by atoms with Crippen molar-refractivity contribution in [1.29, 1.82) is 0 Å². The zero-order valence-electron chi connectivity index (χ0n) is 31.9. The summed E-state index contributed by atoms with van der Waals surface area (Å²) < 4.78 is 4.00. The number of halogens is 2. The highest BCUT2D eigenvalue weighted by Gasteiger charge is 2.27. The molecule has 12 heteroatoms. The van der Waals surface area contributed by atoms with Crippen LogP contribution in [0.1, 0.15) is 43.2 Å². The summed E-state index contributed by atoms with van der Waals surface area (Å²) in [4.78, 5) is 55.3. The van der Waals surface area contributed by atoms with E-state index in [0.717, 1.165) is 33.2 Å². The molecule has 8 rings (SSSR count). The maximum absolute atomic E-state index is 13.1. The first-order valence-corrected chi connectivity index (χ1v) is 19.3. The summed E-state index contributed by atoms with van der Waals surface area (Å²) in [6.07, 6.45) is 3.11. The van der Waals surface area contributed by atoms with Crippen LogP contribution in [0.15, 0.2) is 146 Å². The van der Waals surface area contributed by atoms with Crippen LogP contribution in [0.4, 0.5) is 11.4 Å². The number of amides is 2. The van der Waals surface area contributed by atoms with Gasteiger partial charge in [-0.1, -0.05) is 83.9 Å². The maximum Gasteiger partial charge on any atom is 0.296 e. The lowest BCUT2D eigenvalue weighted by molar-refractivity contribution is -0.113. The van der Waals surface area contributed by atoms with E-state index in [0.29, 0.717) is 51.2 Å². The second kappa shape index (κ2) is 17.6. The maximum atomic E-state index is 13.1. The van der Waals surface area contributed by atoms with Gasteiger partial charge >= 0.3 is 0 Å². The molecule has 8 aromatic rings. The Morgan fingerprint density at radius 1 is 0.576 bits per heavy atom. The van der Waals surface area contributed by atoms with Gasteiger partial charge in [0.05, 0.1) is 23.0 Å². The first-order chi connectivity index (χ1) is 28.5. The molecule has 0 aliphatic carbocycles. The molecule has 2 amide bonds. The standard InChI is InChI=1S/C24H19ClN2O3.C23H18ClN3O2/c1-15-22(23(29)24(30)26-18-5-3-2-4-6-18)20-13-19(28)11-12-21(20)27(15)14-16-7-9-17(25)10-8-16;1-15-21(22(28)23(29)26-18-5-4-12-25-13-18)19-6-2-3-7-20(19)27(15)14-16-8-10-17(24)11-9-16/h2-13,28H,14H2,1H3,(H,26,30);2-13H,14H2,1H3,(H,26,29). The topological polar surface area (TPSA) is 135 Å². The number of aromatic hydroxyl groups is 1. The van der Waals surface area contributed by atoms with Crippen molar-refractivity contribution < 1.29 is 24.3 Å². The molecule has 0 bridgehead atoms. The Hall–Kier alpha value is -7.01. The van der Waals surface area contributed by atoms with Gasteiger partial charge in [-0.3, -0.25) is 24.2 Å². The highest BCUT2D eigenvalue weighted by Crippen LogP contribution is 2.31. The predicted octanol–water partition coefficient (Wildman–Crippen LogP) is 10.0. The number of aromatic nitrogens is 3. The Bertz CT molecular complexity index is 2840. The van der Waals surface area contributed by atoms with Crippen molar-refractivity contribution in [2.45, 2.75) is 26.9 Å². The average Bonchev–Trinajstić information content (AvgIpc) is 3.67. The van der Waals surface area contributed by atoms with Gasteiger partial charge in [-0.05, 0) is 97.8 Å².